The second-order valence-corrected chi connectivity index (χ2v) is 5.12. The molecule has 3 aromatic rings. The summed E-state index contributed by atoms with van der Waals surface area (Å²) in [7, 11) is 0. The van der Waals surface area contributed by atoms with Gasteiger partial charge in [0.2, 0.25) is 0 Å². The number of phenolic OH excluding ortho intramolecular Hbond substituents is 1. The summed E-state index contributed by atoms with van der Waals surface area (Å²) >= 11 is 0. The Hall–Kier alpha value is -3.08. The van der Waals surface area contributed by atoms with Crippen molar-refractivity contribution in [3.05, 3.63) is 53.9 Å². The number of hydrogen-bond donors (Lipinski definition) is 3. The number of nitrogen functional groups attached to an aromatic ring is 1. The molecule has 5 nitrogen and oxygen atoms in total. The number of carbonyl (C=O) groups excluding carboxylic acids is 1. The summed E-state index contributed by atoms with van der Waals surface area (Å²) in [4.78, 5) is 15.8. The highest BCUT2D eigenvalue weighted by molar-refractivity contribution is 6.11. The molecule has 3 rings (SSSR count). The largest absolute Gasteiger partial charge is 0.508 e. The minimum absolute atomic E-state index is 0.165. The number of benzene rings is 2. The van der Waals surface area contributed by atoms with Crippen LogP contribution in [0.4, 0.5) is 5.69 Å². The van der Waals surface area contributed by atoms with Crippen molar-refractivity contribution < 1.29 is 9.90 Å². The topological polar surface area (TPSA) is 102 Å². The molecule has 0 aliphatic rings. The lowest BCUT2D eigenvalue weighted by Gasteiger charge is -2.15. The van der Waals surface area contributed by atoms with Crippen molar-refractivity contribution in [3.63, 3.8) is 0 Å². The number of rotatable bonds is 2. The first-order chi connectivity index (χ1) is 10.5. The van der Waals surface area contributed by atoms with E-state index in [1.54, 1.807) is 43.6 Å². The maximum atomic E-state index is 11.7. The molecule has 0 atom stereocenters. The van der Waals surface area contributed by atoms with Gasteiger partial charge < -0.3 is 16.6 Å². The van der Waals surface area contributed by atoms with Crippen molar-refractivity contribution in [2.24, 2.45) is 5.73 Å². The van der Waals surface area contributed by atoms with E-state index in [4.69, 9.17) is 11.5 Å². The number of nitrogens with two attached hydrogens (primary N) is 2. The summed E-state index contributed by atoms with van der Waals surface area (Å²) in [6.45, 7) is 1.79. The highest BCUT2D eigenvalue weighted by Gasteiger charge is 2.18. The van der Waals surface area contributed by atoms with Gasteiger partial charge >= 0.3 is 0 Å². The van der Waals surface area contributed by atoms with Gasteiger partial charge in [0, 0.05) is 23.3 Å². The molecule has 1 heterocycles. The second-order valence-electron chi connectivity index (χ2n) is 5.12. The van der Waals surface area contributed by atoms with E-state index < -0.39 is 5.91 Å². The fourth-order valence-electron chi connectivity index (χ4n) is 2.64. The number of amides is 1. The standard InChI is InChI=1S/C17H15N3O2/c1-9-11(3-2-4-14(9)21)15-13-8-20-6-5-10(13)7-12(16(15)18)17(19)22/h2-8,21H,18H2,1H3,(H2,19,22). The summed E-state index contributed by atoms with van der Waals surface area (Å²) in [6, 6.07) is 8.64. The minimum atomic E-state index is -0.588. The van der Waals surface area contributed by atoms with Crippen LogP contribution in [0.1, 0.15) is 15.9 Å². The van der Waals surface area contributed by atoms with Gasteiger partial charge in [-0.3, -0.25) is 9.78 Å². The third-order valence-corrected chi connectivity index (χ3v) is 3.82. The van der Waals surface area contributed by atoms with E-state index in [1.807, 2.05) is 6.07 Å². The summed E-state index contributed by atoms with van der Waals surface area (Å²) in [5.41, 5.74) is 14.3. The molecule has 110 valence electrons. The number of carbonyl (C=O) groups is 1. The number of nitrogens with zero attached hydrogens (tertiary/aromatic N) is 1. The van der Waals surface area contributed by atoms with Crippen LogP contribution in [0.3, 0.4) is 0 Å². The van der Waals surface area contributed by atoms with Crippen LogP contribution in [-0.4, -0.2) is 16.0 Å². The average Bonchev–Trinajstić information content (AvgIpc) is 2.50. The Morgan fingerprint density at radius 3 is 2.77 bits per heavy atom. The molecule has 0 aliphatic heterocycles. The van der Waals surface area contributed by atoms with E-state index in [-0.39, 0.29) is 11.3 Å². The quantitative estimate of drug-likeness (QED) is 0.632. The smallest absolute Gasteiger partial charge is 0.250 e. The molecule has 0 aliphatic carbocycles. The Bertz CT molecular complexity index is 904. The SMILES string of the molecule is Cc1c(O)cccc1-c1c(N)c(C(N)=O)cc2ccncc12. The lowest BCUT2D eigenvalue weighted by Crippen LogP contribution is -2.14. The lowest BCUT2D eigenvalue weighted by molar-refractivity contribution is 0.100. The van der Waals surface area contributed by atoms with Gasteiger partial charge in [-0.05, 0) is 41.6 Å². The molecule has 0 unspecified atom stereocenters. The molecular formula is C17H15N3O2. The fraction of sp³-hybridized carbons (Fsp3) is 0.0588. The first-order valence-electron chi connectivity index (χ1n) is 6.75. The molecule has 0 saturated heterocycles. The number of primary amides is 1. The lowest BCUT2D eigenvalue weighted by atomic mass is 9.91. The maximum absolute atomic E-state index is 11.7. The molecule has 0 radical (unpaired) electrons. The highest BCUT2D eigenvalue weighted by atomic mass is 16.3. The number of pyridine rings is 1. The number of aromatic hydroxyl groups is 1. The molecule has 1 amide bonds. The summed E-state index contributed by atoms with van der Waals surface area (Å²) < 4.78 is 0. The van der Waals surface area contributed by atoms with E-state index in [2.05, 4.69) is 4.98 Å². The molecule has 2 aromatic carbocycles. The van der Waals surface area contributed by atoms with Crippen LogP contribution in [0.2, 0.25) is 0 Å². The predicted molar refractivity (Wildman–Crippen MR) is 86.5 cm³/mol. The van der Waals surface area contributed by atoms with Crippen LogP contribution >= 0.6 is 0 Å². The molecule has 1 aromatic heterocycles. The monoisotopic (exact) mass is 293 g/mol. The van der Waals surface area contributed by atoms with Gasteiger partial charge in [-0.25, -0.2) is 0 Å². The van der Waals surface area contributed by atoms with Crippen LogP contribution < -0.4 is 11.5 Å². The van der Waals surface area contributed by atoms with Gasteiger partial charge in [-0.2, -0.15) is 0 Å². The molecule has 22 heavy (non-hydrogen) atoms. The third-order valence-electron chi connectivity index (χ3n) is 3.82. The molecular weight excluding hydrogens is 278 g/mol. The zero-order valence-electron chi connectivity index (χ0n) is 12.0. The number of anilines is 1. The molecule has 0 spiro atoms. The van der Waals surface area contributed by atoms with Crippen LogP contribution in [-0.2, 0) is 0 Å². The molecule has 0 bridgehead atoms. The Morgan fingerprint density at radius 1 is 1.27 bits per heavy atom. The second kappa shape index (κ2) is 5.04. The van der Waals surface area contributed by atoms with E-state index >= 15 is 0 Å². The van der Waals surface area contributed by atoms with Crippen molar-refractivity contribution in [1.82, 2.24) is 4.98 Å². The number of fused-ring (bicyclic) bond motifs is 1. The maximum Gasteiger partial charge on any atom is 0.250 e. The molecule has 0 saturated carbocycles. The van der Waals surface area contributed by atoms with Crippen molar-refractivity contribution in [2.45, 2.75) is 6.92 Å². The Morgan fingerprint density at radius 2 is 2.05 bits per heavy atom. The normalized spacial score (nSPS) is 10.8. The Kier molecular flexibility index (Phi) is 3.18. The van der Waals surface area contributed by atoms with Crippen molar-refractivity contribution in [2.75, 3.05) is 5.73 Å². The van der Waals surface area contributed by atoms with Gasteiger partial charge in [0.15, 0.2) is 0 Å². The first-order valence-corrected chi connectivity index (χ1v) is 6.75. The van der Waals surface area contributed by atoms with Crippen LogP contribution in [0.15, 0.2) is 42.7 Å². The zero-order chi connectivity index (χ0) is 15.9. The van der Waals surface area contributed by atoms with Gasteiger partial charge in [-0.1, -0.05) is 12.1 Å². The summed E-state index contributed by atoms with van der Waals surface area (Å²) in [5.74, 6) is -0.423. The number of aromatic nitrogens is 1. The number of hydrogen-bond acceptors (Lipinski definition) is 4. The summed E-state index contributed by atoms with van der Waals surface area (Å²) in [5, 5.41) is 11.6. The molecule has 5 N–H and O–H groups in total. The van der Waals surface area contributed by atoms with E-state index in [0.717, 1.165) is 16.3 Å². The van der Waals surface area contributed by atoms with Gasteiger partial charge in [0.05, 0.1) is 11.3 Å². The van der Waals surface area contributed by atoms with E-state index in [1.165, 1.54) is 0 Å². The zero-order valence-corrected chi connectivity index (χ0v) is 12.0. The van der Waals surface area contributed by atoms with Crippen molar-refractivity contribution in [1.29, 1.82) is 0 Å². The first kappa shape index (κ1) is 13.9. The Balaban J connectivity index is 2.49. The van der Waals surface area contributed by atoms with E-state index in [0.29, 0.717) is 16.8 Å². The fourth-order valence-corrected chi connectivity index (χ4v) is 2.64. The van der Waals surface area contributed by atoms with Gasteiger partial charge in [0.25, 0.3) is 5.91 Å². The minimum Gasteiger partial charge on any atom is -0.508 e. The van der Waals surface area contributed by atoms with Gasteiger partial charge in [-0.15, -0.1) is 0 Å². The van der Waals surface area contributed by atoms with Crippen LogP contribution in [0, 0.1) is 6.92 Å². The van der Waals surface area contributed by atoms with Crippen molar-refractivity contribution >= 4 is 22.4 Å². The highest BCUT2D eigenvalue weighted by Crippen LogP contribution is 2.39. The Labute approximate surface area is 127 Å². The van der Waals surface area contributed by atoms with Crippen LogP contribution in [0.25, 0.3) is 21.9 Å². The molecule has 5 heteroatoms. The van der Waals surface area contributed by atoms with E-state index in [9.17, 15) is 9.90 Å². The van der Waals surface area contributed by atoms with Crippen LogP contribution in [0.5, 0.6) is 5.75 Å². The third kappa shape index (κ3) is 2.03. The molecule has 0 fully saturated rings. The van der Waals surface area contributed by atoms with Gasteiger partial charge in [0.1, 0.15) is 5.75 Å². The number of phenols is 1. The average molecular weight is 293 g/mol. The predicted octanol–water partition coefficient (Wildman–Crippen LogP) is 2.60. The summed E-state index contributed by atoms with van der Waals surface area (Å²) in [6.07, 6.45) is 3.33. The van der Waals surface area contributed by atoms with Crippen molar-refractivity contribution in [3.8, 4) is 16.9 Å².